The van der Waals surface area contributed by atoms with Gasteiger partial charge in [0, 0.05) is 28.9 Å². The Morgan fingerprint density at radius 1 is 1.53 bits per heavy atom. The predicted octanol–water partition coefficient (Wildman–Crippen LogP) is 0.969. The van der Waals surface area contributed by atoms with Gasteiger partial charge in [-0.05, 0) is 6.07 Å². The van der Waals surface area contributed by atoms with Gasteiger partial charge in [-0.25, -0.2) is 0 Å². The van der Waals surface area contributed by atoms with Gasteiger partial charge in [0.2, 0.25) is 0 Å². The smallest absolute Gasteiger partial charge is 0.271 e. The molecule has 7 heteroatoms. The lowest BCUT2D eigenvalue weighted by Gasteiger charge is -2.02. The van der Waals surface area contributed by atoms with Crippen LogP contribution >= 0.6 is 11.6 Å². The molecule has 0 aromatic heterocycles. The van der Waals surface area contributed by atoms with Gasteiger partial charge in [-0.1, -0.05) is 11.6 Å². The molecule has 0 aliphatic carbocycles. The summed E-state index contributed by atoms with van der Waals surface area (Å²) in [6.07, 6.45) is 1.31. The van der Waals surface area contributed by atoms with Gasteiger partial charge < -0.3 is 11.2 Å². The summed E-state index contributed by atoms with van der Waals surface area (Å²) in [5.74, 6) is 5.03. The van der Waals surface area contributed by atoms with Crippen molar-refractivity contribution in [2.45, 2.75) is 0 Å². The number of nitro groups is 1. The Morgan fingerprint density at radius 2 is 2.20 bits per heavy atom. The summed E-state index contributed by atoms with van der Waals surface area (Å²) >= 11 is 5.70. The van der Waals surface area contributed by atoms with E-state index < -0.39 is 4.92 Å². The van der Waals surface area contributed by atoms with Crippen LogP contribution in [0, 0.1) is 10.1 Å². The van der Waals surface area contributed by atoms with Crippen molar-refractivity contribution in [2.75, 3.05) is 0 Å². The summed E-state index contributed by atoms with van der Waals surface area (Å²) < 4.78 is 0. The first-order valence-corrected chi connectivity index (χ1v) is 4.29. The van der Waals surface area contributed by atoms with Crippen LogP contribution in [0.3, 0.4) is 0 Å². The highest BCUT2D eigenvalue weighted by molar-refractivity contribution is 6.31. The van der Waals surface area contributed by atoms with Crippen LogP contribution in [0.2, 0.25) is 5.02 Å². The van der Waals surface area contributed by atoms with E-state index in [1.807, 2.05) is 0 Å². The van der Waals surface area contributed by atoms with E-state index in [2.05, 4.69) is 5.43 Å². The third-order valence-corrected chi connectivity index (χ3v) is 1.88. The third kappa shape index (κ3) is 2.83. The van der Waals surface area contributed by atoms with Gasteiger partial charge in [0.1, 0.15) is 0 Å². The largest absolute Gasteiger partial charge is 0.397 e. The fraction of sp³-hybridized carbons (Fsp3) is 0. The molecule has 0 saturated heterocycles. The van der Waals surface area contributed by atoms with Gasteiger partial charge >= 0.3 is 0 Å². The van der Waals surface area contributed by atoms with Crippen molar-refractivity contribution in [3.8, 4) is 0 Å². The number of hydrogen-bond donors (Lipinski definition) is 3. The van der Waals surface area contributed by atoms with E-state index in [0.29, 0.717) is 5.56 Å². The number of hydrazine groups is 1. The van der Waals surface area contributed by atoms with E-state index in [1.165, 1.54) is 24.4 Å². The topological polar surface area (TPSA) is 107 Å². The van der Waals surface area contributed by atoms with E-state index in [4.69, 9.17) is 23.2 Å². The molecule has 0 aliphatic rings. The van der Waals surface area contributed by atoms with Gasteiger partial charge in [0.15, 0.2) is 0 Å². The van der Waals surface area contributed by atoms with E-state index in [1.54, 1.807) is 0 Å². The number of nitrogens with zero attached hydrogens (tertiary/aromatic N) is 1. The highest BCUT2D eigenvalue weighted by Gasteiger charge is 2.09. The normalized spacial score (nSPS) is 11.2. The Balaban J connectivity index is 3.20. The Morgan fingerprint density at radius 3 is 2.73 bits per heavy atom. The second-order valence-electron chi connectivity index (χ2n) is 2.72. The maximum Gasteiger partial charge on any atom is 0.271 e. The van der Waals surface area contributed by atoms with Crippen LogP contribution < -0.4 is 17.0 Å². The van der Waals surface area contributed by atoms with Crippen LogP contribution in [0.5, 0.6) is 0 Å². The maximum atomic E-state index is 10.5. The zero-order valence-corrected chi connectivity index (χ0v) is 8.36. The molecule has 0 spiro atoms. The molecule has 0 saturated carbocycles. The Bertz CT molecular complexity index is 419. The minimum Gasteiger partial charge on any atom is -0.397 e. The SMILES string of the molecule is NN/C=C(\N)c1cc(Cl)cc([N+](=O)[O-])c1. The average Bonchev–Trinajstić information content (AvgIpc) is 2.17. The van der Waals surface area contributed by atoms with E-state index in [0.717, 1.165) is 0 Å². The second kappa shape index (κ2) is 4.63. The lowest BCUT2D eigenvalue weighted by Crippen LogP contribution is -2.16. The Kier molecular flexibility index (Phi) is 3.48. The maximum absolute atomic E-state index is 10.5. The molecule has 0 radical (unpaired) electrons. The van der Waals surface area contributed by atoms with Crippen molar-refractivity contribution >= 4 is 23.0 Å². The van der Waals surface area contributed by atoms with Crippen molar-refractivity contribution in [1.29, 1.82) is 0 Å². The van der Waals surface area contributed by atoms with Crippen LogP contribution in [-0.2, 0) is 0 Å². The molecule has 6 nitrogen and oxygen atoms in total. The van der Waals surface area contributed by atoms with Crippen LogP contribution in [-0.4, -0.2) is 4.92 Å². The predicted molar refractivity (Wildman–Crippen MR) is 57.6 cm³/mol. The molecule has 15 heavy (non-hydrogen) atoms. The fourth-order valence-corrected chi connectivity index (χ4v) is 1.25. The molecular formula is C8H9ClN4O2. The molecule has 5 N–H and O–H groups in total. The van der Waals surface area contributed by atoms with Gasteiger partial charge in [-0.15, -0.1) is 0 Å². The molecule has 0 amide bonds. The van der Waals surface area contributed by atoms with E-state index >= 15 is 0 Å². The summed E-state index contributed by atoms with van der Waals surface area (Å²) in [7, 11) is 0. The molecular weight excluding hydrogens is 220 g/mol. The first kappa shape index (κ1) is 11.3. The number of nitrogens with two attached hydrogens (primary N) is 2. The van der Waals surface area contributed by atoms with Crippen molar-refractivity contribution in [3.63, 3.8) is 0 Å². The molecule has 0 bridgehead atoms. The number of halogens is 1. The van der Waals surface area contributed by atoms with Crippen molar-refractivity contribution < 1.29 is 4.92 Å². The molecule has 1 aromatic rings. The van der Waals surface area contributed by atoms with Crippen molar-refractivity contribution in [2.24, 2.45) is 11.6 Å². The quantitative estimate of drug-likeness (QED) is 0.406. The molecule has 1 aromatic carbocycles. The van der Waals surface area contributed by atoms with Crippen molar-refractivity contribution in [1.82, 2.24) is 5.43 Å². The molecule has 0 fully saturated rings. The number of rotatable bonds is 3. The summed E-state index contributed by atoms with van der Waals surface area (Å²) in [6.45, 7) is 0. The molecule has 1 rings (SSSR count). The van der Waals surface area contributed by atoms with Crippen molar-refractivity contribution in [3.05, 3.63) is 45.1 Å². The van der Waals surface area contributed by atoms with E-state index in [9.17, 15) is 10.1 Å². The van der Waals surface area contributed by atoms with Crippen LogP contribution in [0.15, 0.2) is 24.4 Å². The number of hydrogen-bond acceptors (Lipinski definition) is 5. The molecule has 0 aliphatic heterocycles. The molecule has 0 atom stereocenters. The van der Waals surface area contributed by atoms with Gasteiger partial charge in [0.25, 0.3) is 5.69 Å². The number of nitro benzene ring substituents is 1. The first-order valence-electron chi connectivity index (χ1n) is 3.91. The molecule has 80 valence electrons. The third-order valence-electron chi connectivity index (χ3n) is 1.67. The van der Waals surface area contributed by atoms with Gasteiger partial charge in [-0.2, -0.15) is 0 Å². The van der Waals surface area contributed by atoms with Gasteiger partial charge in [-0.3, -0.25) is 16.0 Å². The summed E-state index contributed by atoms with van der Waals surface area (Å²) in [4.78, 5) is 9.99. The average molecular weight is 229 g/mol. The Labute approximate surface area is 90.6 Å². The first-order chi connectivity index (χ1) is 7.04. The summed E-state index contributed by atoms with van der Waals surface area (Å²) in [6, 6.07) is 4.07. The lowest BCUT2D eigenvalue weighted by atomic mass is 10.1. The zero-order valence-electron chi connectivity index (χ0n) is 7.61. The van der Waals surface area contributed by atoms with E-state index in [-0.39, 0.29) is 16.4 Å². The summed E-state index contributed by atoms with van der Waals surface area (Å²) in [5, 5.41) is 10.8. The zero-order chi connectivity index (χ0) is 11.4. The second-order valence-corrected chi connectivity index (χ2v) is 3.16. The minimum atomic E-state index is -0.543. The van der Waals surface area contributed by atoms with Gasteiger partial charge in [0.05, 0.1) is 10.6 Å². The number of benzene rings is 1. The highest BCUT2D eigenvalue weighted by atomic mass is 35.5. The standard InChI is InChI=1S/C8H9ClN4O2/c9-6-1-5(8(10)4-12-11)2-7(3-6)13(14)15/h1-4,12H,10-11H2/b8-4-. The monoisotopic (exact) mass is 228 g/mol. The minimum absolute atomic E-state index is 0.120. The van der Waals surface area contributed by atoms with Crippen LogP contribution in [0.25, 0.3) is 5.70 Å². The summed E-state index contributed by atoms with van der Waals surface area (Å²) in [5.41, 5.74) is 8.40. The lowest BCUT2D eigenvalue weighted by molar-refractivity contribution is -0.384. The van der Waals surface area contributed by atoms with Crippen LogP contribution in [0.1, 0.15) is 5.56 Å². The molecule has 0 heterocycles. The number of nitrogens with one attached hydrogen (secondary N) is 1. The molecule has 0 unspecified atom stereocenters. The Hall–Kier alpha value is -1.79. The number of non-ortho nitro benzene ring substituents is 1. The highest BCUT2D eigenvalue weighted by Crippen LogP contribution is 2.23. The fourth-order valence-electron chi connectivity index (χ4n) is 1.02. The van der Waals surface area contributed by atoms with Crippen LogP contribution in [0.4, 0.5) is 5.69 Å².